The van der Waals surface area contributed by atoms with Gasteiger partial charge in [-0.1, -0.05) is 6.42 Å². The molecule has 0 aromatic heterocycles. The Bertz CT molecular complexity index is 387. The first-order valence-electron chi connectivity index (χ1n) is 7.73. The van der Waals surface area contributed by atoms with Crippen LogP contribution in [-0.2, 0) is 14.4 Å². The lowest BCUT2D eigenvalue weighted by Gasteiger charge is -2.36. The molecule has 1 rings (SSSR count). The van der Waals surface area contributed by atoms with Crippen molar-refractivity contribution in [1.82, 2.24) is 10.2 Å². The predicted molar refractivity (Wildman–Crippen MR) is 78.7 cm³/mol. The van der Waals surface area contributed by atoms with E-state index < -0.39 is 11.4 Å². The topological polar surface area (TPSA) is 86.7 Å². The van der Waals surface area contributed by atoms with Gasteiger partial charge in [-0.2, -0.15) is 0 Å². The van der Waals surface area contributed by atoms with E-state index >= 15 is 0 Å². The number of aliphatic carboxylic acids is 1. The molecule has 1 saturated carbocycles. The number of hydrogen-bond acceptors (Lipinski definition) is 3. The molecule has 1 fully saturated rings. The molecule has 0 bridgehead atoms. The molecule has 0 spiro atoms. The lowest BCUT2D eigenvalue weighted by atomic mass is 9.66. The van der Waals surface area contributed by atoms with E-state index in [-0.39, 0.29) is 18.2 Å². The molecule has 6 nitrogen and oxygen atoms in total. The maximum Gasteiger partial charge on any atom is 0.310 e. The van der Waals surface area contributed by atoms with Crippen molar-refractivity contribution in [2.75, 3.05) is 19.6 Å². The number of carbonyl (C=O) groups is 3. The first-order chi connectivity index (χ1) is 9.95. The third-order valence-electron chi connectivity index (χ3n) is 4.27. The number of carboxylic acids is 1. The molecule has 0 unspecified atom stereocenters. The van der Waals surface area contributed by atoms with Gasteiger partial charge in [0.2, 0.25) is 11.8 Å². The number of amides is 2. The Morgan fingerprint density at radius 1 is 1.19 bits per heavy atom. The van der Waals surface area contributed by atoms with Gasteiger partial charge in [0.15, 0.2) is 0 Å². The van der Waals surface area contributed by atoms with Gasteiger partial charge in [0.05, 0.1) is 5.41 Å². The van der Waals surface area contributed by atoms with Crippen LogP contribution in [0.4, 0.5) is 0 Å². The first kappa shape index (κ1) is 17.5. The van der Waals surface area contributed by atoms with Crippen LogP contribution in [0.5, 0.6) is 0 Å². The smallest absolute Gasteiger partial charge is 0.310 e. The molecule has 0 aliphatic heterocycles. The number of carboxylic acid groups (broad SMARTS) is 1. The van der Waals surface area contributed by atoms with Crippen molar-refractivity contribution >= 4 is 17.8 Å². The molecule has 120 valence electrons. The van der Waals surface area contributed by atoms with Crippen molar-refractivity contribution in [2.45, 2.75) is 52.4 Å². The lowest BCUT2D eigenvalue weighted by molar-refractivity contribution is -0.157. The van der Waals surface area contributed by atoms with Gasteiger partial charge in [0.25, 0.3) is 0 Å². The molecule has 2 N–H and O–H groups in total. The van der Waals surface area contributed by atoms with Crippen molar-refractivity contribution in [2.24, 2.45) is 5.41 Å². The Morgan fingerprint density at radius 2 is 1.81 bits per heavy atom. The number of nitrogens with zero attached hydrogens (tertiary/aromatic N) is 1. The number of rotatable bonds is 9. The van der Waals surface area contributed by atoms with Crippen LogP contribution in [0.25, 0.3) is 0 Å². The Labute approximate surface area is 125 Å². The minimum Gasteiger partial charge on any atom is -0.481 e. The highest BCUT2D eigenvalue weighted by Crippen LogP contribution is 2.44. The van der Waals surface area contributed by atoms with E-state index in [1.807, 2.05) is 13.8 Å². The zero-order chi connectivity index (χ0) is 15.9. The standard InChI is InChI=1S/C15H26N2O4/c1-3-17(4-2)13(19)7-5-10-16-12(18)11-15(14(20)21)8-6-9-15/h3-11H2,1-2H3,(H,16,18)(H,20,21). The van der Waals surface area contributed by atoms with E-state index in [2.05, 4.69) is 5.32 Å². The van der Waals surface area contributed by atoms with Gasteiger partial charge in [-0.25, -0.2) is 0 Å². The molecular weight excluding hydrogens is 272 g/mol. The summed E-state index contributed by atoms with van der Waals surface area (Å²) in [6, 6.07) is 0. The van der Waals surface area contributed by atoms with Gasteiger partial charge in [-0.3, -0.25) is 14.4 Å². The highest BCUT2D eigenvalue weighted by molar-refractivity contribution is 5.85. The molecule has 0 radical (unpaired) electrons. The molecular formula is C15H26N2O4. The van der Waals surface area contributed by atoms with Crippen LogP contribution in [0.3, 0.4) is 0 Å². The van der Waals surface area contributed by atoms with Gasteiger partial charge in [0.1, 0.15) is 0 Å². The maximum absolute atomic E-state index is 11.8. The van der Waals surface area contributed by atoms with E-state index in [1.54, 1.807) is 4.90 Å². The van der Waals surface area contributed by atoms with Gasteiger partial charge < -0.3 is 15.3 Å². The number of hydrogen-bond donors (Lipinski definition) is 2. The third kappa shape index (κ3) is 4.72. The van der Waals surface area contributed by atoms with Crippen molar-refractivity contribution in [3.63, 3.8) is 0 Å². The molecule has 0 saturated heterocycles. The molecule has 1 aliphatic rings. The summed E-state index contributed by atoms with van der Waals surface area (Å²) in [6.07, 6.45) is 3.07. The van der Waals surface area contributed by atoms with Crippen LogP contribution < -0.4 is 5.32 Å². The SMILES string of the molecule is CCN(CC)C(=O)CCCNC(=O)CC1(C(=O)O)CCC1. The summed E-state index contributed by atoms with van der Waals surface area (Å²) in [5.41, 5.74) is -0.846. The highest BCUT2D eigenvalue weighted by atomic mass is 16.4. The van der Waals surface area contributed by atoms with E-state index in [9.17, 15) is 14.4 Å². The summed E-state index contributed by atoms with van der Waals surface area (Å²) >= 11 is 0. The van der Waals surface area contributed by atoms with E-state index in [1.165, 1.54) is 0 Å². The van der Waals surface area contributed by atoms with Gasteiger partial charge in [-0.15, -0.1) is 0 Å². The monoisotopic (exact) mass is 298 g/mol. The normalized spacial score (nSPS) is 15.9. The molecule has 2 amide bonds. The summed E-state index contributed by atoms with van der Waals surface area (Å²) < 4.78 is 0. The van der Waals surface area contributed by atoms with E-state index in [0.717, 1.165) is 6.42 Å². The summed E-state index contributed by atoms with van der Waals surface area (Å²) in [4.78, 5) is 36.5. The van der Waals surface area contributed by atoms with Crippen LogP contribution >= 0.6 is 0 Å². The number of nitrogens with one attached hydrogen (secondary N) is 1. The summed E-state index contributed by atoms with van der Waals surface area (Å²) in [5.74, 6) is -1.01. The molecule has 0 atom stereocenters. The lowest BCUT2D eigenvalue weighted by Crippen LogP contribution is -2.42. The van der Waals surface area contributed by atoms with Gasteiger partial charge >= 0.3 is 5.97 Å². The third-order valence-corrected chi connectivity index (χ3v) is 4.27. The number of carbonyl (C=O) groups excluding carboxylic acids is 2. The quantitative estimate of drug-likeness (QED) is 0.630. The fraction of sp³-hybridized carbons (Fsp3) is 0.800. The second-order valence-corrected chi connectivity index (χ2v) is 5.64. The Hall–Kier alpha value is -1.59. The van der Waals surface area contributed by atoms with Gasteiger partial charge in [-0.05, 0) is 33.1 Å². The van der Waals surface area contributed by atoms with E-state index in [0.29, 0.717) is 45.3 Å². The van der Waals surface area contributed by atoms with Gasteiger partial charge in [0, 0.05) is 32.5 Å². The fourth-order valence-electron chi connectivity index (χ4n) is 2.64. The molecule has 21 heavy (non-hydrogen) atoms. The van der Waals surface area contributed by atoms with Crippen LogP contribution in [0.15, 0.2) is 0 Å². The Morgan fingerprint density at radius 3 is 2.24 bits per heavy atom. The minimum atomic E-state index is -0.874. The van der Waals surface area contributed by atoms with Crippen molar-refractivity contribution < 1.29 is 19.5 Å². The average Bonchev–Trinajstić information content (AvgIpc) is 2.40. The Kier molecular flexibility index (Phi) is 6.65. The minimum absolute atomic E-state index is 0.0479. The molecule has 0 heterocycles. The van der Waals surface area contributed by atoms with E-state index in [4.69, 9.17) is 5.11 Å². The van der Waals surface area contributed by atoms with Crippen molar-refractivity contribution in [1.29, 1.82) is 0 Å². The highest BCUT2D eigenvalue weighted by Gasteiger charge is 2.45. The van der Waals surface area contributed by atoms with Crippen molar-refractivity contribution in [3.05, 3.63) is 0 Å². The van der Waals surface area contributed by atoms with Crippen LogP contribution in [-0.4, -0.2) is 47.4 Å². The maximum atomic E-state index is 11.8. The molecule has 1 aliphatic carbocycles. The zero-order valence-electron chi connectivity index (χ0n) is 13.0. The van der Waals surface area contributed by atoms with Crippen LogP contribution in [0.2, 0.25) is 0 Å². The largest absolute Gasteiger partial charge is 0.481 e. The predicted octanol–water partition coefficient (Wildman–Crippen LogP) is 1.40. The second-order valence-electron chi connectivity index (χ2n) is 5.64. The van der Waals surface area contributed by atoms with Crippen LogP contribution in [0.1, 0.15) is 52.4 Å². The summed E-state index contributed by atoms with van der Waals surface area (Å²) in [6.45, 7) is 5.69. The first-order valence-corrected chi connectivity index (χ1v) is 7.73. The summed E-state index contributed by atoms with van der Waals surface area (Å²) in [7, 11) is 0. The second kappa shape index (κ2) is 8.00. The summed E-state index contributed by atoms with van der Waals surface area (Å²) in [5, 5.41) is 11.9. The van der Waals surface area contributed by atoms with Crippen LogP contribution in [0, 0.1) is 5.41 Å². The fourth-order valence-corrected chi connectivity index (χ4v) is 2.64. The molecule has 0 aromatic carbocycles. The van der Waals surface area contributed by atoms with Crippen molar-refractivity contribution in [3.8, 4) is 0 Å². The molecule has 0 aromatic rings. The molecule has 6 heteroatoms. The average molecular weight is 298 g/mol. The Balaban J connectivity index is 2.22. The zero-order valence-corrected chi connectivity index (χ0v) is 13.0.